The number of rotatable bonds is 6. The molecular formula is C100H56N8O2S2. The third-order valence-electron chi connectivity index (χ3n) is 23.1. The summed E-state index contributed by atoms with van der Waals surface area (Å²) in [7, 11) is 0. The Balaban J connectivity index is 0.000000128. The molecule has 12 heteroatoms. The van der Waals surface area contributed by atoms with Gasteiger partial charge in [-0.3, -0.25) is 9.13 Å². The van der Waals surface area contributed by atoms with Crippen LogP contribution in [0.25, 0.3) is 239 Å². The van der Waals surface area contributed by atoms with Crippen LogP contribution in [0.5, 0.6) is 0 Å². The van der Waals surface area contributed by atoms with Crippen molar-refractivity contribution in [1.29, 1.82) is 0 Å². The number of nitrogens with zero attached hydrogens (tertiary/aromatic N) is 8. The van der Waals surface area contributed by atoms with Gasteiger partial charge in [0.1, 0.15) is 20.8 Å². The summed E-state index contributed by atoms with van der Waals surface area (Å²) in [5, 5.41) is 26.2. The van der Waals surface area contributed by atoms with Gasteiger partial charge in [0.25, 0.3) is 0 Å². The molecule has 0 amide bonds. The van der Waals surface area contributed by atoms with Crippen molar-refractivity contribution in [2.45, 2.75) is 0 Å². The Hall–Kier alpha value is -14.6. The molecule has 10 heterocycles. The Kier molecular flexibility index (Phi) is 12.9. The second kappa shape index (κ2) is 23.5. The molecule has 0 saturated carbocycles. The Morgan fingerprint density at radius 1 is 0.241 bits per heavy atom. The van der Waals surface area contributed by atoms with E-state index in [1.807, 2.05) is 84.4 Å². The van der Waals surface area contributed by atoms with Gasteiger partial charge in [-0.25, -0.2) is 24.5 Å². The average molecular weight is 1470 g/mol. The van der Waals surface area contributed by atoms with Crippen LogP contribution in [0.4, 0.5) is 0 Å². The summed E-state index contributed by atoms with van der Waals surface area (Å²) < 4.78 is 24.9. The molecule has 26 rings (SSSR count). The van der Waals surface area contributed by atoms with Gasteiger partial charge >= 0.3 is 0 Å². The quantitative estimate of drug-likeness (QED) is 0.154. The fourth-order valence-corrected chi connectivity index (χ4v) is 20.5. The van der Waals surface area contributed by atoms with E-state index in [1.54, 1.807) is 11.3 Å². The molecule has 0 radical (unpaired) electrons. The summed E-state index contributed by atoms with van der Waals surface area (Å²) in [5.41, 5.74) is 16.4. The average Bonchev–Trinajstić information content (AvgIpc) is 1.57. The van der Waals surface area contributed by atoms with Crippen molar-refractivity contribution in [1.82, 2.24) is 38.2 Å². The van der Waals surface area contributed by atoms with E-state index in [1.165, 1.54) is 117 Å². The highest BCUT2D eigenvalue weighted by Crippen LogP contribution is 2.49. The topological polar surface area (TPSA) is 97.6 Å². The minimum Gasteiger partial charge on any atom is -0.439 e. The lowest BCUT2D eigenvalue weighted by Crippen LogP contribution is -2.00. The van der Waals surface area contributed by atoms with Gasteiger partial charge in [-0.2, -0.15) is 0 Å². The van der Waals surface area contributed by atoms with E-state index in [-0.39, 0.29) is 0 Å². The summed E-state index contributed by atoms with van der Waals surface area (Å²) in [6.45, 7) is 0. The molecule has 112 heavy (non-hydrogen) atoms. The normalized spacial score (nSPS) is 12.3. The summed E-state index contributed by atoms with van der Waals surface area (Å²) >= 11 is 3.66. The Bertz CT molecular complexity index is 8070. The largest absolute Gasteiger partial charge is 0.439 e. The molecule has 0 aliphatic heterocycles. The molecular weight excluding hydrogens is 1410 g/mol. The minimum absolute atomic E-state index is 0.580. The van der Waals surface area contributed by atoms with E-state index in [2.05, 4.69) is 285 Å². The van der Waals surface area contributed by atoms with Gasteiger partial charge in [0.15, 0.2) is 0 Å². The predicted octanol–water partition coefficient (Wildman–Crippen LogP) is 27.5. The van der Waals surface area contributed by atoms with Gasteiger partial charge in [0, 0.05) is 97.8 Å². The van der Waals surface area contributed by atoms with Crippen LogP contribution in [-0.4, -0.2) is 38.2 Å². The maximum atomic E-state index is 6.74. The molecule has 0 fully saturated rings. The highest BCUT2D eigenvalue weighted by Gasteiger charge is 2.27. The summed E-state index contributed by atoms with van der Waals surface area (Å²) in [6.07, 6.45) is 3.80. The van der Waals surface area contributed by atoms with Crippen LogP contribution in [0.1, 0.15) is 0 Å². The number of fused-ring (bicyclic) bond motifs is 28. The Labute approximate surface area is 644 Å². The van der Waals surface area contributed by atoms with Gasteiger partial charge in [0.2, 0.25) is 23.3 Å². The monoisotopic (exact) mass is 1460 g/mol. The number of aromatic nitrogens is 8. The van der Waals surface area contributed by atoms with Crippen LogP contribution >= 0.6 is 22.7 Å². The van der Waals surface area contributed by atoms with Crippen molar-refractivity contribution in [3.05, 3.63) is 340 Å². The van der Waals surface area contributed by atoms with Gasteiger partial charge in [-0.15, -0.1) is 22.7 Å². The minimum atomic E-state index is 0.580. The molecule has 0 spiro atoms. The first-order valence-electron chi connectivity index (χ1n) is 37.6. The zero-order valence-corrected chi connectivity index (χ0v) is 61.2. The number of benzene rings is 16. The fourth-order valence-electron chi connectivity index (χ4n) is 18.0. The van der Waals surface area contributed by atoms with Crippen LogP contribution in [0.15, 0.2) is 349 Å². The molecule has 0 aliphatic rings. The van der Waals surface area contributed by atoms with Crippen LogP contribution < -0.4 is 0 Å². The number of furan rings is 2. The molecule has 520 valence electrons. The molecule has 26 aromatic rings. The number of hydrogen-bond donors (Lipinski definition) is 0. The van der Waals surface area contributed by atoms with E-state index in [9.17, 15) is 0 Å². The molecule has 0 unspecified atom stereocenters. The molecule has 0 aliphatic carbocycles. The second-order valence-electron chi connectivity index (χ2n) is 29.2. The molecule has 0 bridgehead atoms. The molecule has 10 aromatic heterocycles. The molecule has 0 atom stereocenters. The lowest BCUT2D eigenvalue weighted by Gasteiger charge is -2.11. The van der Waals surface area contributed by atoms with Crippen molar-refractivity contribution < 1.29 is 8.83 Å². The standard InChI is InChI=1S/C56H32N2OS.C44H24N6OS/c1-3-11-41-33(9-1)17-19-37-29-39(23-25-43(37)41)57-49-27-21-35(31-47(49)53-45-13-5-7-15-51(45)59-55(53)57)36-22-28-50-48(32-36)54-46-14-6-8-16-52(46)60-56(54)58(50)40-24-26-44-38(30-40)20-18-34-10-2-4-12-42(34)44;1-5-13-33-27(9-1)23-45-43(47-33)49-35-19-17-25(21-31(35)39-29-11-3-7-15-37(29)51-41(39)49)26-18-20-36-32(22-26)40-30-12-4-8-16-38(30)52-42(40)50(36)44-46-24-28-10-2-6-14-34(28)48-44/h1-32H;1-24H. The van der Waals surface area contributed by atoms with Crippen molar-refractivity contribution in [2.75, 3.05) is 0 Å². The molecule has 0 saturated heterocycles. The smallest absolute Gasteiger partial charge is 0.237 e. The summed E-state index contributed by atoms with van der Waals surface area (Å²) in [6, 6.07) is 118. The first-order chi connectivity index (χ1) is 55.5. The lowest BCUT2D eigenvalue weighted by molar-refractivity contribution is 0.642. The Morgan fingerprint density at radius 3 is 1.11 bits per heavy atom. The van der Waals surface area contributed by atoms with Crippen LogP contribution in [-0.2, 0) is 0 Å². The number of hydrogen-bond acceptors (Lipinski definition) is 8. The second-order valence-corrected chi connectivity index (χ2v) is 31.3. The Morgan fingerprint density at radius 2 is 0.598 bits per heavy atom. The highest BCUT2D eigenvalue weighted by atomic mass is 32.1. The van der Waals surface area contributed by atoms with Crippen molar-refractivity contribution >= 4 is 216 Å². The number of thiophene rings is 2. The third kappa shape index (κ3) is 9.01. The highest BCUT2D eigenvalue weighted by molar-refractivity contribution is 7.26. The summed E-state index contributed by atoms with van der Waals surface area (Å²) in [5.74, 6) is 1.25. The summed E-state index contributed by atoms with van der Waals surface area (Å²) in [4.78, 5) is 22.1. The van der Waals surface area contributed by atoms with Crippen molar-refractivity contribution in [2.24, 2.45) is 0 Å². The maximum Gasteiger partial charge on any atom is 0.237 e. The van der Waals surface area contributed by atoms with Crippen LogP contribution in [0.2, 0.25) is 0 Å². The lowest BCUT2D eigenvalue weighted by atomic mass is 10.00. The van der Waals surface area contributed by atoms with E-state index < -0.39 is 0 Å². The molecule has 16 aromatic carbocycles. The van der Waals surface area contributed by atoms with Gasteiger partial charge in [0.05, 0.1) is 43.9 Å². The van der Waals surface area contributed by atoms with E-state index >= 15 is 0 Å². The van der Waals surface area contributed by atoms with Gasteiger partial charge in [-0.05, 0) is 175 Å². The van der Waals surface area contributed by atoms with E-state index in [0.29, 0.717) is 11.9 Å². The predicted molar refractivity (Wildman–Crippen MR) is 468 cm³/mol. The van der Waals surface area contributed by atoms with Crippen LogP contribution in [0, 0.1) is 0 Å². The number of para-hydroxylation sites is 4. The SMILES string of the molecule is c1ccc2c(c1)ccc1cc(-n3c4ccc(-c5ccc6c(c5)c5c7ccccc7sc5n6-c5ccc6c(ccc7ccccc76)c5)cc4c4c5ccccc5oc43)ccc12.c1ccc2nc(-n3c4ccc(-c5ccc6c(c5)c5c7ccccc7sc5n6-c5ncc6ccccc6n5)cc4c4c5ccccc5oc43)ncc2c1. The van der Waals surface area contributed by atoms with Gasteiger partial charge < -0.3 is 13.4 Å². The van der Waals surface area contributed by atoms with Crippen LogP contribution in [0.3, 0.4) is 0 Å². The fraction of sp³-hybridized carbons (Fsp3) is 0. The zero-order chi connectivity index (χ0) is 73.0. The molecule has 0 N–H and O–H groups in total. The van der Waals surface area contributed by atoms with E-state index in [4.69, 9.17) is 28.8 Å². The van der Waals surface area contributed by atoms with Gasteiger partial charge in [-0.1, -0.05) is 218 Å². The van der Waals surface area contributed by atoms with Crippen molar-refractivity contribution in [3.63, 3.8) is 0 Å². The maximum absolute atomic E-state index is 6.74. The van der Waals surface area contributed by atoms with Crippen molar-refractivity contribution in [3.8, 4) is 45.5 Å². The first kappa shape index (κ1) is 61.5. The van der Waals surface area contributed by atoms with E-state index in [0.717, 1.165) is 110 Å². The molecule has 10 nitrogen and oxygen atoms in total. The first-order valence-corrected chi connectivity index (χ1v) is 39.3. The third-order valence-corrected chi connectivity index (χ3v) is 25.5. The zero-order valence-electron chi connectivity index (χ0n) is 59.5.